The highest BCUT2D eigenvalue weighted by molar-refractivity contribution is 5.94. The van der Waals surface area contributed by atoms with E-state index in [9.17, 15) is 9.59 Å². The summed E-state index contributed by atoms with van der Waals surface area (Å²) in [5, 5.41) is 5.94. The first-order valence-electron chi connectivity index (χ1n) is 10.1. The smallest absolute Gasteiger partial charge is 0.315 e. The van der Waals surface area contributed by atoms with E-state index in [-0.39, 0.29) is 11.9 Å². The number of hydrogen-bond acceptors (Lipinski definition) is 2. The first-order chi connectivity index (χ1) is 12.6. The summed E-state index contributed by atoms with van der Waals surface area (Å²) in [6, 6.07) is 6.55. The molecule has 1 saturated carbocycles. The molecule has 0 bridgehead atoms. The number of anilines is 1. The first-order valence-corrected chi connectivity index (χ1v) is 10.1. The number of benzene rings is 1. The van der Waals surface area contributed by atoms with Crippen LogP contribution in [0.5, 0.6) is 0 Å². The van der Waals surface area contributed by atoms with Crippen molar-refractivity contribution in [2.45, 2.75) is 70.8 Å². The van der Waals surface area contributed by atoms with Crippen molar-refractivity contribution in [3.63, 3.8) is 0 Å². The van der Waals surface area contributed by atoms with Crippen LogP contribution in [-0.4, -0.2) is 31.1 Å². The molecule has 0 radical (unpaired) electrons. The summed E-state index contributed by atoms with van der Waals surface area (Å²) in [6.45, 7) is 3.43. The molecule has 1 aliphatic carbocycles. The molecule has 5 heteroatoms. The number of nitrogens with zero attached hydrogens (tertiary/aromatic N) is 1. The zero-order valence-electron chi connectivity index (χ0n) is 15.9. The number of fused-ring (bicyclic) bond motifs is 1. The molecule has 2 N–H and O–H groups in total. The summed E-state index contributed by atoms with van der Waals surface area (Å²) < 4.78 is 0. The second kappa shape index (κ2) is 9.06. The highest BCUT2D eigenvalue weighted by Crippen LogP contribution is 2.28. The van der Waals surface area contributed by atoms with E-state index in [0.717, 1.165) is 37.9 Å². The molecule has 0 saturated heterocycles. The van der Waals surface area contributed by atoms with E-state index < -0.39 is 0 Å². The Morgan fingerprint density at radius 1 is 1.15 bits per heavy atom. The van der Waals surface area contributed by atoms with Gasteiger partial charge in [-0.2, -0.15) is 0 Å². The van der Waals surface area contributed by atoms with Gasteiger partial charge in [-0.25, -0.2) is 4.79 Å². The van der Waals surface area contributed by atoms with E-state index in [1.54, 1.807) is 0 Å². The highest BCUT2D eigenvalue weighted by atomic mass is 16.2. The van der Waals surface area contributed by atoms with Gasteiger partial charge < -0.3 is 15.5 Å². The second-order valence-electron chi connectivity index (χ2n) is 7.62. The van der Waals surface area contributed by atoms with Crippen LogP contribution in [0.4, 0.5) is 10.5 Å². The Hall–Kier alpha value is -2.04. The third-order valence-electron chi connectivity index (χ3n) is 5.45. The van der Waals surface area contributed by atoms with Gasteiger partial charge >= 0.3 is 6.03 Å². The van der Waals surface area contributed by atoms with Crippen molar-refractivity contribution in [1.29, 1.82) is 0 Å². The lowest BCUT2D eigenvalue weighted by molar-refractivity contribution is -0.118. The average Bonchev–Trinajstić information content (AvgIpc) is 2.65. The summed E-state index contributed by atoms with van der Waals surface area (Å²) in [5.74, 6) is 0.157. The van der Waals surface area contributed by atoms with E-state index >= 15 is 0 Å². The lowest BCUT2D eigenvalue weighted by Crippen LogP contribution is -2.43. The molecule has 142 valence electrons. The van der Waals surface area contributed by atoms with Crippen molar-refractivity contribution in [1.82, 2.24) is 10.6 Å². The maximum Gasteiger partial charge on any atom is 0.315 e. The van der Waals surface area contributed by atoms with Crippen LogP contribution >= 0.6 is 0 Å². The van der Waals surface area contributed by atoms with Crippen molar-refractivity contribution >= 4 is 17.6 Å². The Labute approximate surface area is 156 Å². The van der Waals surface area contributed by atoms with Crippen LogP contribution in [-0.2, 0) is 11.2 Å². The molecule has 26 heavy (non-hydrogen) atoms. The normalized spacial score (nSPS) is 17.5. The number of urea groups is 1. The van der Waals surface area contributed by atoms with Gasteiger partial charge in [0.25, 0.3) is 0 Å². The molecule has 3 amide bonds. The molecular weight excluding hydrogens is 326 g/mol. The molecule has 1 heterocycles. The Bertz CT molecular complexity index is 638. The second-order valence-corrected chi connectivity index (χ2v) is 7.62. The molecule has 1 aromatic rings. The van der Waals surface area contributed by atoms with E-state index in [1.165, 1.54) is 30.4 Å². The van der Waals surface area contributed by atoms with Crippen LogP contribution in [0.15, 0.2) is 18.2 Å². The highest BCUT2D eigenvalue weighted by Gasteiger charge is 2.22. The summed E-state index contributed by atoms with van der Waals surface area (Å²) >= 11 is 0. The van der Waals surface area contributed by atoms with E-state index in [1.807, 2.05) is 4.90 Å². The number of hydrogen-bond donors (Lipinski definition) is 2. The van der Waals surface area contributed by atoms with Gasteiger partial charge in [0.1, 0.15) is 0 Å². The summed E-state index contributed by atoms with van der Waals surface area (Å²) in [4.78, 5) is 26.5. The lowest BCUT2D eigenvalue weighted by Gasteiger charge is -2.30. The number of carbonyl (C=O) groups excluding carboxylic acids is 2. The van der Waals surface area contributed by atoms with Crippen molar-refractivity contribution in [2.75, 3.05) is 18.0 Å². The Balaban J connectivity index is 1.40. The topological polar surface area (TPSA) is 61.4 Å². The minimum absolute atomic E-state index is 0.0943. The van der Waals surface area contributed by atoms with Crippen molar-refractivity contribution in [3.8, 4) is 0 Å². The summed E-state index contributed by atoms with van der Waals surface area (Å²) in [6.07, 6.45) is 9.06. The number of nitrogens with one attached hydrogen (secondary N) is 2. The monoisotopic (exact) mass is 357 g/mol. The van der Waals surface area contributed by atoms with Gasteiger partial charge in [-0.05, 0) is 50.7 Å². The molecule has 0 aromatic heterocycles. The van der Waals surface area contributed by atoms with Gasteiger partial charge in [-0.15, -0.1) is 0 Å². The predicted octanol–water partition coefficient (Wildman–Crippen LogP) is 3.69. The van der Waals surface area contributed by atoms with Crippen LogP contribution in [0.25, 0.3) is 0 Å². The van der Waals surface area contributed by atoms with Gasteiger partial charge in [0.2, 0.25) is 5.91 Å². The fourth-order valence-electron chi connectivity index (χ4n) is 4.04. The molecule has 3 rings (SSSR count). The zero-order valence-corrected chi connectivity index (χ0v) is 15.9. The molecule has 1 aliphatic heterocycles. The van der Waals surface area contributed by atoms with Crippen molar-refractivity contribution in [2.24, 2.45) is 0 Å². The molecule has 0 spiro atoms. The maximum atomic E-state index is 12.6. The standard InChI is InChI=1S/C21H31N3O2/c1-16-11-12-19-17(15-16)7-6-14-24(19)20(25)10-5-13-22-21(26)23-18-8-3-2-4-9-18/h11-12,15,18H,2-10,13-14H2,1H3,(H2,22,23,26). The third-order valence-corrected chi connectivity index (χ3v) is 5.45. The van der Waals surface area contributed by atoms with Crippen molar-refractivity contribution < 1.29 is 9.59 Å². The van der Waals surface area contributed by atoms with Crippen LogP contribution in [0.1, 0.15) is 62.5 Å². The van der Waals surface area contributed by atoms with Crippen LogP contribution < -0.4 is 15.5 Å². The summed E-state index contributed by atoms with van der Waals surface area (Å²) in [7, 11) is 0. The quantitative estimate of drug-likeness (QED) is 0.790. The Kier molecular flexibility index (Phi) is 6.53. The predicted molar refractivity (Wildman–Crippen MR) is 104 cm³/mol. The molecular formula is C21H31N3O2. The summed E-state index contributed by atoms with van der Waals surface area (Å²) in [5.41, 5.74) is 3.58. The number of rotatable bonds is 5. The molecule has 2 aliphatic rings. The Morgan fingerprint density at radius 3 is 2.77 bits per heavy atom. The number of aryl methyl sites for hydroxylation is 2. The van der Waals surface area contributed by atoms with Crippen LogP contribution in [0, 0.1) is 6.92 Å². The van der Waals surface area contributed by atoms with Gasteiger partial charge in [0.15, 0.2) is 0 Å². The minimum Gasteiger partial charge on any atom is -0.338 e. The molecule has 1 fully saturated rings. The molecule has 0 unspecified atom stereocenters. The van der Waals surface area contributed by atoms with E-state index in [0.29, 0.717) is 25.4 Å². The SMILES string of the molecule is Cc1ccc2c(c1)CCCN2C(=O)CCCNC(=O)NC1CCCCC1. The Morgan fingerprint density at radius 2 is 1.96 bits per heavy atom. The largest absolute Gasteiger partial charge is 0.338 e. The maximum absolute atomic E-state index is 12.6. The van der Waals surface area contributed by atoms with E-state index in [2.05, 4.69) is 35.8 Å². The van der Waals surface area contributed by atoms with E-state index in [4.69, 9.17) is 0 Å². The van der Waals surface area contributed by atoms with Crippen molar-refractivity contribution in [3.05, 3.63) is 29.3 Å². The zero-order chi connectivity index (χ0) is 18.4. The van der Waals surface area contributed by atoms with Crippen LogP contribution in [0.2, 0.25) is 0 Å². The third kappa shape index (κ3) is 4.99. The molecule has 0 atom stereocenters. The number of carbonyl (C=O) groups is 2. The lowest BCUT2D eigenvalue weighted by atomic mass is 9.96. The fourth-order valence-corrected chi connectivity index (χ4v) is 4.04. The van der Waals surface area contributed by atoms with Gasteiger partial charge in [-0.3, -0.25) is 4.79 Å². The van der Waals surface area contributed by atoms with Gasteiger partial charge in [0.05, 0.1) is 0 Å². The molecule has 1 aromatic carbocycles. The van der Waals surface area contributed by atoms with Gasteiger partial charge in [-0.1, -0.05) is 37.0 Å². The first kappa shape index (κ1) is 18.7. The minimum atomic E-state index is -0.0943. The number of amides is 3. The average molecular weight is 357 g/mol. The van der Waals surface area contributed by atoms with Crippen LogP contribution in [0.3, 0.4) is 0 Å². The fraction of sp³-hybridized carbons (Fsp3) is 0.619. The van der Waals surface area contributed by atoms with Gasteiger partial charge in [0, 0.05) is 31.2 Å². The molecule has 5 nitrogen and oxygen atoms in total.